The minimum absolute atomic E-state index is 0.0650. The number of hydrogen-bond acceptors (Lipinski definition) is 5. The highest BCUT2D eigenvalue weighted by Crippen LogP contribution is 2.34. The van der Waals surface area contributed by atoms with Gasteiger partial charge in [0.1, 0.15) is 10.5 Å². The Bertz CT molecular complexity index is 903. The van der Waals surface area contributed by atoms with Crippen molar-refractivity contribution in [3.05, 3.63) is 41.3 Å². The summed E-state index contributed by atoms with van der Waals surface area (Å²) in [5.41, 5.74) is 1.91. The van der Waals surface area contributed by atoms with Crippen LogP contribution >= 0.6 is 11.3 Å². The number of ether oxygens (including phenoxy) is 1. The summed E-state index contributed by atoms with van der Waals surface area (Å²) in [4.78, 5) is 16.2. The maximum atomic E-state index is 12.9. The number of rotatable bonds is 2. The molecule has 0 aliphatic carbocycles. The van der Waals surface area contributed by atoms with Crippen LogP contribution in [0.2, 0.25) is 0 Å². The van der Waals surface area contributed by atoms with Crippen LogP contribution in [-0.4, -0.2) is 58.1 Å². The first-order valence-electron chi connectivity index (χ1n) is 8.20. The van der Waals surface area contributed by atoms with Crippen LogP contribution in [0.25, 0.3) is 21.5 Å². The molecular formula is C18H19N3O3S. The second-order valence-electron chi connectivity index (χ2n) is 6.15. The first kappa shape index (κ1) is 16.3. The van der Waals surface area contributed by atoms with Crippen LogP contribution in [0.5, 0.6) is 0 Å². The number of nitrogens with zero attached hydrogens (tertiary/aromatic N) is 3. The normalized spacial score (nSPS) is 18.5. The predicted molar refractivity (Wildman–Crippen MR) is 96.8 cm³/mol. The summed E-state index contributed by atoms with van der Waals surface area (Å²) in [5, 5.41) is 15.4. The van der Waals surface area contributed by atoms with E-state index in [4.69, 9.17) is 4.74 Å². The first-order valence-corrected chi connectivity index (χ1v) is 9.02. The summed E-state index contributed by atoms with van der Waals surface area (Å²) in [6.45, 7) is 1.52. The van der Waals surface area contributed by atoms with Gasteiger partial charge in [-0.3, -0.25) is 9.48 Å². The highest BCUT2D eigenvalue weighted by Gasteiger charge is 2.25. The van der Waals surface area contributed by atoms with Crippen molar-refractivity contribution in [3.8, 4) is 11.3 Å². The molecule has 1 saturated heterocycles. The number of aliphatic hydroxyl groups excluding tert-OH is 1. The monoisotopic (exact) mass is 357 g/mol. The number of fused-ring (bicyclic) bond motifs is 1. The number of amides is 1. The topological polar surface area (TPSA) is 67.6 Å². The van der Waals surface area contributed by atoms with Gasteiger partial charge in [-0.25, -0.2) is 0 Å². The maximum absolute atomic E-state index is 12.9. The van der Waals surface area contributed by atoms with Crippen molar-refractivity contribution in [2.45, 2.75) is 6.10 Å². The zero-order chi connectivity index (χ0) is 17.4. The molecule has 1 amide bonds. The van der Waals surface area contributed by atoms with E-state index in [0.717, 1.165) is 21.5 Å². The van der Waals surface area contributed by atoms with Crippen LogP contribution in [0.3, 0.4) is 0 Å². The molecular weight excluding hydrogens is 338 g/mol. The summed E-state index contributed by atoms with van der Waals surface area (Å²) < 4.78 is 7.13. The van der Waals surface area contributed by atoms with E-state index in [1.165, 1.54) is 11.3 Å². The van der Waals surface area contributed by atoms with Gasteiger partial charge in [0.25, 0.3) is 5.91 Å². The number of aromatic nitrogens is 2. The molecule has 7 heteroatoms. The molecule has 3 heterocycles. The molecule has 0 radical (unpaired) electrons. The average Bonchev–Trinajstić information content (AvgIpc) is 3.10. The van der Waals surface area contributed by atoms with Crippen LogP contribution in [-0.2, 0) is 11.8 Å². The fourth-order valence-electron chi connectivity index (χ4n) is 3.09. The van der Waals surface area contributed by atoms with E-state index in [0.29, 0.717) is 24.6 Å². The maximum Gasteiger partial charge on any atom is 0.264 e. The Labute approximate surface area is 149 Å². The molecule has 4 rings (SSSR count). The predicted octanol–water partition coefficient (Wildman–Crippen LogP) is 2.14. The van der Waals surface area contributed by atoms with Gasteiger partial charge in [-0.05, 0) is 6.07 Å². The fourth-order valence-corrected chi connectivity index (χ4v) is 4.13. The second kappa shape index (κ2) is 6.59. The fraction of sp³-hybridized carbons (Fsp3) is 0.333. The molecule has 25 heavy (non-hydrogen) atoms. The molecule has 2 aromatic heterocycles. The molecule has 1 atom stereocenters. The SMILES string of the molecule is Cn1nc(-c2ccccc2)c2cc(C(=O)N3CCOC[C@H](O)C3)sc21. The lowest BCUT2D eigenvalue weighted by Crippen LogP contribution is -2.37. The molecule has 0 saturated carbocycles. The van der Waals surface area contributed by atoms with Crippen molar-refractivity contribution < 1.29 is 14.6 Å². The lowest BCUT2D eigenvalue weighted by atomic mass is 10.1. The lowest BCUT2D eigenvalue weighted by molar-refractivity contribution is 0.0535. The smallest absolute Gasteiger partial charge is 0.264 e. The van der Waals surface area contributed by atoms with Gasteiger partial charge in [-0.2, -0.15) is 5.10 Å². The summed E-state index contributed by atoms with van der Waals surface area (Å²) in [7, 11) is 1.89. The van der Waals surface area contributed by atoms with Gasteiger partial charge in [-0.15, -0.1) is 11.3 Å². The van der Waals surface area contributed by atoms with E-state index >= 15 is 0 Å². The van der Waals surface area contributed by atoms with Crippen LogP contribution in [0.15, 0.2) is 36.4 Å². The number of hydrogen-bond donors (Lipinski definition) is 1. The number of benzene rings is 1. The highest BCUT2D eigenvalue weighted by molar-refractivity contribution is 7.20. The Morgan fingerprint density at radius 2 is 2.16 bits per heavy atom. The Morgan fingerprint density at radius 3 is 2.96 bits per heavy atom. The third-order valence-electron chi connectivity index (χ3n) is 4.30. The highest BCUT2D eigenvalue weighted by atomic mass is 32.1. The van der Waals surface area contributed by atoms with E-state index in [1.54, 1.807) is 4.90 Å². The molecule has 1 aliphatic heterocycles. The number of aliphatic hydroxyl groups is 1. The standard InChI is InChI=1S/C18H19N3O3S/c1-20-18-14(16(19-20)12-5-3-2-4-6-12)9-15(25-18)17(23)21-7-8-24-11-13(22)10-21/h2-6,9,13,22H,7-8,10-11H2,1H3/t13-/m1/s1. The van der Waals surface area contributed by atoms with E-state index in [1.807, 2.05) is 48.1 Å². The van der Waals surface area contributed by atoms with E-state index in [2.05, 4.69) is 5.10 Å². The number of aryl methyl sites for hydroxylation is 1. The summed E-state index contributed by atoms with van der Waals surface area (Å²) >= 11 is 1.44. The van der Waals surface area contributed by atoms with Gasteiger partial charge in [0.05, 0.1) is 24.2 Å². The summed E-state index contributed by atoms with van der Waals surface area (Å²) in [5.74, 6) is -0.0650. The van der Waals surface area contributed by atoms with Crippen molar-refractivity contribution in [1.82, 2.24) is 14.7 Å². The molecule has 0 unspecified atom stereocenters. The van der Waals surface area contributed by atoms with Crippen molar-refractivity contribution in [1.29, 1.82) is 0 Å². The van der Waals surface area contributed by atoms with Crippen LogP contribution < -0.4 is 0 Å². The van der Waals surface area contributed by atoms with Gasteiger partial charge >= 0.3 is 0 Å². The minimum Gasteiger partial charge on any atom is -0.389 e. The van der Waals surface area contributed by atoms with E-state index in [9.17, 15) is 9.90 Å². The third kappa shape index (κ3) is 3.06. The zero-order valence-electron chi connectivity index (χ0n) is 13.9. The summed E-state index contributed by atoms with van der Waals surface area (Å²) in [6.07, 6.45) is -0.637. The van der Waals surface area contributed by atoms with Crippen molar-refractivity contribution in [2.75, 3.05) is 26.3 Å². The molecule has 1 aliphatic rings. The van der Waals surface area contributed by atoms with Gasteiger partial charge in [0, 0.05) is 31.1 Å². The van der Waals surface area contributed by atoms with Crippen LogP contribution in [0, 0.1) is 0 Å². The van der Waals surface area contributed by atoms with E-state index in [-0.39, 0.29) is 12.5 Å². The number of thiophene rings is 1. The Hall–Kier alpha value is -2.22. The molecule has 0 spiro atoms. The Balaban J connectivity index is 1.71. The molecule has 0 bridgehead atoms. The molecule has 1 aromatic carbocycles. The number of carbonyl (C=O) groups is 1. The van der Waals surface area contributed by atoms with Crippen molar-refractivity contribution in [3.63, 3.8) is 0 Å². The molecule has 6 nitrogen and oxygen atoms in total. The number of β-amino-alcohol motifs (C(OH)–C–C–N with tert-alkyl or cyclic N) is 1. The molecule has 1 N–H and O–H groups in total. The van der Waals surface area contributed by atoms with Crippen LogP contribution in [0.4, 0.5) is 0 Å². The molecule has 3 aromatic rings. The van der Waals surface area contributed by atoms with Crippen molar-refractivity contribution in [2.24, 2.45) is 7.05 Å². The average molecular weight is 357 g/mol. The Morgan fingerprint density at radius 1 is 1.36 bits per heavy atom. The quantitative estimate of drug-likeness (QED) is 0.763. The molecule has 1 fully saturated rings. The van der Waals surface area contributed by atoms with Gasteiger partial charge in [0.15, 0.2) is 0 Å². The Kier molecular flexibility index (Phi) is 4.29. The minimum atomic E-state index is -0.637. The first-order chi connectivity index (χ1) is 12.1. The molecule has 130 valence electrons. The largest absolute Gasteiger partial charge is 0.389 e. The zero-order valence-corrected chi connectivity index (χ0v) is 14.7. The third-order valence-corrected chi connectivity index (χ3v) is 5.49. The lowest BCUT2D eigenvalue weighted by Gasteiger charge is -2.20. The van der Waals surface area contributed by atoms with Gasteiger partial charge in [-0.1, -0.05) is 30.3 Å². The van der Waals surface area contributed by atoms with Crippen molar-refractivity contribution >= 4 is 27.5 Å². The van der Waals surface area contributed by atoms with Gasteiger partial charge in [0.2, 0.25) is 0 Å². The second-order valence-corrected chi connectivity index (χ2v) is 7.18. The number of carbonyl (C=O) groups excluding carboxylic acids is 1. The summed E-state index contributed by atoms with van der Waals surface area (Å²) in [6, 6.07) is 11.9. The van der Waals surface area contributed by atoms with Crippen LogP contribution in [0.1, 0.15) is 9.67 Å². The van der Waals surface area contributed by atoms with Gasteiger partial charge < -0.3 is 14.7 Å². The van der Waals surface area contributed by atoms with E-state index < -0.39 is 6.10 Å².